The average molecular weight is 487 g/mol. The minimum atomic E-state index is 0.334. The molecule has 35 heavy (non-hydrogen) atoms. The lowest BCUT2D eigenvalue weighted by atomic mass is 9.53. The summed E-state index contributed by atoms with van der Waals surface area (Å²) >= 11 is 0. The van der Waals surface area contributed by atoms with Gasteiger partial charge in [0.05, 0.1) is 0 Å². The van der Waals surface area contributed by atoms with Crippen LogP contribution in [0.1, 0.15) is 184 Å². The molecular formula is C35H66. The zero-order valence-corrected chi connectivity index (χ0v) is 26.0. The lowest BCUT2D eigenvalue weighted by molar-refractivity contribution is 0.125. The summed E-state index contributed by atoms with van der Waals surface area (Å²) < 4.78 is 0. The van der Waals surface area contributed by atoms with Crippen molar-refractivity contribution in [1.82, 2.24) is 0 Å². The fraction of sp³-hybridized carbons (Fsp3) is 0.886. The van der Waals surface area contributed by atoms with Crippen molar-refractivity contribution < 1.29 is 0 Å². The number of hydrogen-bond donors (Lipinski definition) is 0. The van der Waals surface area contributed by atoms with Crippen LogP contribution in [0.5, 0.6) is 0 Å². The Morgan fingerprint density at radius 1 is 0.514 bits per heavy atom. The second-order valence-electron chi connectivity index (χ2n) is 12.0. The number of allylic oxidation sites excluding steroid dienone is 4. The van der Waals surface area contributed by atoms with E-state index in [9.17, 15) is 0 Å². The molecule has 206 valence electrons. The van der Waals surface area contributed by atoms with E-state index < -0.39 is 0 Å². The van der Waals surface area contributed by atoms with E-state index in [0.29, 0.717) is 10.8 Å². The molecule has 0 aromatic carbocycles. The van der Waals surface area contributed by atoms with Crippen LogP contribution in [0.25, 0.3) is 0 Å². The Bertz CT molecular complexity index is 618. The molecule has 1 unspecified atom stereocenters. The Hall–Kier alpha value is -0.520. The summed E-state index contributed by atoms with van der Waals surface area (Å²) in [6, 6.07) is 0. The highest BCUT2D eigenvalue weighted by Crippen LogP contribution is 2.59. The molecule has 0 saturated carbocycles. The highest BCUT2D eigenvalue weighted by Gasteiger charge is 2.47. The lowest BCUT2D eigenvalue weighted by Gasteiger charge is -2.51. The summed E-state index contributed by atoms with van der Waals surface area (Å²) in [6.07, 6.45) is 25.5. The second kappa shape index (κ2) is 17.1. The quantitative estimate of drug-likeness (QED) is 0.169. The smallest absolute Gasteiger partial charge is 0.0126 e. The molecule has 0 spiro atoms. The van der Waals surface area contributed by atoms with Crippen LogP contribution in [0.4, 0.5) is 0 Å². The first-order valence-electron chi connectivity index (χ1n) is 16.4. The van der Waals surface area contributed by atoms with Crippen LogP contribution in [0.2, 0.25) is 0 Å². The van der Waals surface area contributed by atoms with Gasteiger partial charge in [0.2, 0.25) is 0 Å². The molecule has 0 saturated heterocycles. The molecule has 0 aliphatic heterocycles. The average Bonchev–Trinajstić information content (AvgIpc) is 2.83. The van der Waals surface area contributed by atoms with Gasteiger partial charge in [-0.3, -0.25) is 0 Å². The first-order chi connectivity index (χ1) is 16.9. The molecule has 0 heteroatoms. The summed E-state index contributed by atoms with van der Waals surface area (Å²) in [7, 11) is 0. The minimum absolute atomic E-state index is 0.334. The van der Waals surface area contributed by atoms with Crippen molar-refractivity contribution in [2.24, 2.45) is 16.7 Å². The molecule has 1 atom stereocenters. The predicted octanol–water partition coefficient (Wildman–Crippen LogP) is 12.8. The Kier molecular flexibility index (Phi) is 15.9. The fourth-order valence-corrected chi connectivity index (χ4v) is 8.51. The first-order valence-corrected chi connectivity index (χ1v) is 16.4. The predicted molar refractivity (Wildman–Crippen MR) is 161 cm³/mol. The van der Waals surface area contributed by atoms with Crippen LogP contribution >= 0.6 is 0 Å². The maximum absolute atomic E-state index is 2.46. The molecule has 1 rings (SSSR count). The molecule has 1 aliphatic rings. The van der Waals surface area contributed by atoms with Crippen molar-refractivity contribution in [1.29, 1.82) is 0 Å². The van der Waals surface area contributed by atoms with Crippen molar-refractivity contribution in [2.45, 2.75) is 184 Å². The standard InChI is InChI=1S/C35H66/c1-10-19-29-28-34(24-15-6,25-16-7)32(22-13-4)30(20-11-2)33(23-14-5)35(26-17-8,27-18-9)31(29)21-12-3/h32H,10-28H2,1-9H3/b31-29-,33-30+. The van der Waals surface area contributed by atoms with Crippen LogP contribution in [0.3, 0.4) is 0 Å². The van der Waals surface area contributed by atoms with Crippen LogP contribution in [-0.4, -0.2) is 0 Å². The lowest BCUT2D eigenvalue weighted by Crippen LogP contribution is -2.39. The highest BCUT2D eigenvalue weighted by atomic mass is 14.5. The van der Waals surface area contributed by atoms with Gasteiger partial charge in [0, 0.05) is 5.41 Å². The van der Waals surface area contributed by atoms with Gasteiger partial charge in [-0.1, -0.05) is 142 Å². The van der Waals surface area contributed by atoms with Crippen molar-refractivity contribution in [3.05, 3.63) is 22.3 Å². The van der Waals surface area contributed by atoms with Gasteiger partial charge in [-0.05, 0) is 75.5 Å². The Morgan fingerprint density at radius 3 is 1.43 bits per heavy atom. The molecule has 0 N–H and O–H groups in total. The van der Waals surface area contributed by atoms with Crippen LogP contribution in [0, 0.1) is 16.7 Å². The van der Waals surface area contributed by atoms with E-state index in [1.165, 1.54) is 122 Å². The molecule has 0 heterocycles. The number of rotatable bonds is 18. The second-order valence-corrected chi connectivity index (χ2v) is 12.0. The Balaban J connectivity index is 4.29. The van der Waals surface area contributed by atoms with Gasteiger partial charge in [0.15, 0.2) is 0 Å². The van der Waals surface area contributed by atoms with Gasteiger partial charge in [0.1, 0.15) is 0 Å². The van der Waals surface area contributed by atoms with Crippen molar-refractivity contribution in [3.8, 4) is 0 Å². The van der Waals surface area contributed by atoms with Gasteiger partial charge >= 0.3 is 0 Å². The number of hydrogen-bond acceptors (Lipinski definition) is 0. The molecule has 0 amide bonds. The normalized spacial score (nSPS) is 24.4. The largest absolute Gasteiger partial charge is 0.0696 e. The van der Waals surface area contributed by atoms with Gasteiger partial charge in [-0.25, -0.2) is 0 Å². The van der Waals surface area contributed by atoms with E-state index in [4.69, 9.17) is 0 Å². The van der Waals surface area contributed by atoms with E-state index in [-0.39, 0.29) is 0 Å². The maximum atomic E-state index is 2.46. The molecule has 1 aliphatic carbocycles. The first kappa shape index (κ1) is 32.5. The van der Waals surface area contributed by atoms with Crippen molar-refractivity contribution in [3.63, 3.8) is 0 Å². The summed E-state index contributed by atoms with van der Waals surface area (Å²) in [6.45, 7) is 22.1. The van der Waals surface area contributed by atoms with Crippen molar-refractivity contribution in [2.75, 3.05) is 0 Å². The fourth-order valence-electron chi connectivity index (χ4n) is 8.51. The molecular weight excluding hydrogens is 420 g/mol. The van der Waals surface area contributed by atoms with E-state index in [2.05, 4.69) is 62.3 Å². The third kappa shape index (κ3) is 7.74. The summed E-state index contributed by atoms with van der Waals surface area (Å²) in [5.74, 6) is 0.789. The van der Waals surface area contributed by atoms with Crippen LogP contribution in [0.15, 0.2) is 22.3 Å². The SMILES string of the molecule is CCC/C1=C(\CCC)C(CCC)(CCC)/C(CCC)=C(\CCC)C(CCC)C(CCC)(CCC)C1. The third-order valence-electron chi connectivity index (χ3n) is 9.19. The van der Waals surface area contributed by atoms with Gasteiger partial charge in [-0.15, -0.1) is 0 Å². The minimum Gasteiger partial charge on any atom is -0.0696 e. The Labute approximate surface area is 223 Å². The van der Waals surface area contributed by atoms with Crippen LogP contribution in [-0.2, 0) is 0 Å². The molecule has 0 aromatic heterocycles. The van der Waals surface area contributed by atoms with E-state index in [1.807, 2.05) is 22.3 Å². The summed E-state index contributed by atoms with van der Waals surface area (Å²) in [4.78, 5) is 0. The molecule has 0 fully saturated rings. The van der Waals surface area contributed by atoms with E-state index in [1.54, 1.807) is 0 Å². The monoisotopic (exact) mass is 487 g/mol. The Morgan fingerprint density at radius 2 is 1.00 bits per heavy atom. The van der Waals surface area contributed by atoms with Gasteiger partial charge in [-0.2, -0.15) is 0 Å². The molecule has 0 bridgehead atoms. The van der Waals surface area contributed by atoms with Crippen molar-refractivity contribution >= 4 is 0 Å². The van der Waals surface area contributed by atoms with Gasteiger partial charge in [0.25, 0.3) is 0 Å². The zero-order valence-electron chi connectivity index (χ0n) is 26.0. The van der Waals surface area contributed by atoms with E-state index >= 15 is 0 Å². The molecule has 0 aromatic rings. The highest BCUT2D eigenvalue weighted by molar-refractivity contribution is 5.40. The van der Waals surface area contributed by atoms with Crippen LogP contribution < -0.4 is 0 Å². The summed E-state index contributed by atoms with van der Waals surface area (Å²) in [5.41, 5.74) is 8.58. The van der Waals surface area contributed by atoms with Gasteiger partial charge < -0.3 is 0 Å². The zero-order chi connectivity index (χ0) is 26.3. The third-order valence-corrected chi connectivity index (χ3v) is 9.19. The van der Waals surface area contributed by atoms with E-state index in [0.717, 1.165) is 5.92 Å². The molecule has 0 nitrogen and oxygen atoms in total. The summed E-state index contributed by atoms with van der Waals surface area (Å²) in [5, 5.41) is 0. The maximum Gasteiger partial charge on any atom is 0.0126 e. The topological polar surface area (TPSA) is 0 Å². The molecule has 0 radical (unpaired) electrons.